The molecule has 0 radical (unpaired) electrons. The Morgan fingerprint density at radius 3 is 2.44 bits per heavy atom. The smallest absolute Gasteiger partial charge is 0.252 e. The maximum Gasteiger partial charge on any atom is 0.252 e. The number of aryl methyl sites for hydroxylation is 1. The van der Waals surface area contributed by atoms with E-state index in [0.29, 0.717) is 13.1 Å². The van der Waals surface area contributed by atoms with Crippen LogP contribution in [-0.4, -0.2) is 30.1 Å². The molecule has 7 heteroatoms. The van der Waals surface area contributed by atoms with Crippen molar-refractivity contribution in [2.24, 2.45) is 5.92 Å². The summed E-state index contributed by atoms with van der Waals surface area (Å²) in [5.74, 6) is 1.03. The van der Waals surface area contributed by atoms with Crippen molar-refractivity contribution in [1.82, 2.24) is 30.1 Å². The minimum absolute atomic E-state index is 0.0610. The average molecular weight is 459 g/mol. The fourth-order valence-corrected chi connectivity index (χ4v) is 4.51. The van der Waals surface area contributed by atoms with Crippen LogP contribution in [0.15, 0.2) is 59.4 Å². The molecule has 0 bridgehead atoms. The number of hydrogen-bond donors (Lipinski definition) is 1. The zero-order chi connectivity index (χ0) is 24.5. The van der Waals surface area contributed by atoms with Crippen LogP contribution in [0.25, 0.3) is 10.9 Å². The van der Waals surface area contributed by atoms with E-state index in [1.165, 1.54) is 5.56 Å². The predicted molar refractivity (Wildman–Crippen MR) is 135 cm³/mol. The third-order valence-corrected chi connectivity index (χ3v) is 6.10. The molecule has 0 aliphatic heterocycles. The molecule has 0 fully saturated rings. The minimum Gasteiger partial charge on any atom is -0.322 e. The zero-order valence-corrected chi connectivity index (χ0v) is 20.9. The second kappa shape index (κ2) is 9.50. The van der Waals surface area contributed by atoms with Gasteiger partial charge in [-0.15, -0.1) is 5.10 Å². The second-order valence-electron chi connectivity index (χ2n) is 10.4. The molecule has 0 aliphatic rings. The van der Waals surface area contributed by atoms with E-state index in [1.54, 1.807) is 0 Å². The van der Waals surface area contributed by atoms with Crippen molar-refractivity contribution in [1.29, 1.82) is 0 Å². The molecule has 34 heavy (non-hydrogen) atoms. The van der Waals surface area contributed by atoms with Crippen LogP contribution in [-0.2, 0) is 18.6 Å². The number of nitrogens with one attached hydrogen (secondary N) is 1. The van der Waals surface area contributed by atoms with Crippen LogP contribution in [0.4, 0.5) is 0 Å². The van der Waals surface area contributed by atoms with E-state index in [9.17, 15) is 4.79 Å². The van der Waals surface area contributed by atoms with Gasteiger partial charge in [0.25, 0.3) is 5.56 Å². The van der Waals surface area contributed by atoms with Gasteiger partial charge in [0.1, 0.15) is 0 Å². The molecular weight excluding hydrogens is 424 g/mol. The maximum atomic E-state index is 13.1. The molecule has 7 nitrogen and oxygen atoms in total. The fourth-order valence-electron chi connectivity index (χ4n) is 4.51. The first-order chi connectivity index (χ1) is 16.1. The zero-order valence-electron chi connectivity index (χ0n) is 20.9. The van der Waals surface area contributed by atoms with Crippen LogP contribution in [0.5, 0.6) is 0 Å². The Kier molecular flexibility index (Phi) is 6.66. The first-order valence-corrected chi connectivity index (χ1v) is 11.8. The van der Waals surface area contributed by atoms with Crippen molar-refractivity contribution in [3.8, 4) is 0 Å². The monoisotopic (exact) mass is 458 g/mol. The molecule has 1 atom stereocenters. The van der Waals surface area contributed by atoms with Crippen molar-refractivity contribution in [3.63, 3.8) is 0 Å². The number of aromatic amines is 1. The number of nitrogens with zero attached hydrogens (tertiary/aromatic N) is 5. The number of aromatic nitrogens is 5. The summed E-state index contributed by atoms with van der Waals surface area (Å²) in [6, 6.07) is 18.4. The molecule has 0 saturated carbocycles. The van der Waals surface area contributed by atoms with Gasteiger partial charge >= 0.3 is 0 Å². The van der Waals surface area contributed by atoms with E-state index >= 15 is 0 Å². The van der Waals surface area contributed by atoms with Crippen LogP contribution in [0, 0.1) is 12.8 Å². The van der Waals surface area contributed by atoms with Gasteiger partial charge in [-0.1, -0.05) is 56.3 Å². The molecule has 4 rings (SSSR count). The standard InChI is InChI=1S/C27H34N6O/c1-18(2)24(25-29-30-31-33(25)27(4,5)6)32(16-20-10-8-7-9-11-20)17-22-15-21-13-12-19(3)14-23(21)28-26(22)34/h7-15,18,24H,16-17H2,1-6H3,(H,28,34)/t24-/m0/s1. The first-order valence-electron chi connectivity index (χ1n) is 11.8. The van der Waals surface area contributed by atoms with Crippen molar-refractivity contribution in [3.05, 3.63) is 87.5 Å². The van der Waals surface area contributed by atoms with E-state index in [-0.39, 0.29) is 23.1 Å². The van der Waals surface area contributed by atoms with Gasteiger partial charge in [-0.2, -0.15) is 0 Å². The third-order valence-electron chi connectivity index (χ3n) is 6.10. The van der Waals surface area contributed by atoms with Crippen molar-refractivity contribution < 1.29 is 0 Å². The van der Waals surface area contributed by atoms with Gasteiger partial charge in [0, 0.05) is 24.2 Å². The predicted octanol–water partition coefficient (Wildman–Crippen LogP) is 4.98. The molecule has 0 saturated heterocycles. The minimum atomic E-state index is -0.261. The molecule has 2 heterocycles. The summed E-state index contributed by atoms with van der Waals surface area (Å²) >= 11 is 0. The highest BCUT2D eigenvalue weighted by atomic mass is 16.1. The Bertz CT molecular complexity index is 1320. The van der Waals surface area contributed by atoms with E-state index in [0.717, 1.165) is 27.9 Å². The highest BCUT2D eigenvalue weighted by Crippen LogP contribution is 2.32. The summed E-state index contributed by atoms with van der Waals surface area (Å²) in [7, 11) is 0. The molecule has 0 unspecified atom stereocenters. The van der Waals surface area contributed by atoms with Gasteiger partial charge < -0.3 is 4.98 Å². The van der Waals surface area contributed by atoms with E-state index in [1.807, 2.05) is 41.9 Å². The van der Waals surface area contributed by atoms with Gasteiger partial charge in [-0.05, 0) is 72.7 Å². The van der Waals surface area contributed by atoms with Crippen LogP contribution in [0.1, 0.15) is 63.2 Å². The number of rotatable bonds is 7. The lowest BCUT2D eigenvalue weighted by atomic mass is 9.98. The van der Waals surface area contributed by atoms with Gasteiger partial charge in [0.2, 0.25) is 0 Å². The molecule has 0 spiro atoms. The molecule has 4 aromatic rings. The quantitative estimate of drug-likeness (QED) is 0.423. The number of benzene rings is 2. The van der Waals surface area contributed by atoms with Crippen molar-refractivity contribution >= 4 is 10.9 Å². The normalized spacial score (nSPS) is 13.2. The van der Waals surface area contributed by atoms with E-state index < -0.39 is 0 Å². The molecule has 178 valence electrons. The molecular formula is C27H34N6O. The lowest BCUT2D eigenvalue weighted by molar-refractivity contribution is 0.120. The molecule has 2 aromatic heterocycles. The van der Waals surface area contributed by atoms with E-state index in [4.69, 9.17) is 0 Å². The number of H-pyrrole nitrogens is 1. The summed E-state index contributed by atoms with van der Waals surface area (Å²) in [5, 5.41) is 13.8. The van der Waals surface area contributed by atoms with Crippen molar-refractivity contribution in [2.75, 3.05) is 0 Å². The highest BCUT2D eigenvalue weighted by Gasteiger charge is 2.32. The highest BCUT2D eigenvalue weighted by molar-refractivity contribution is 5.79. The van der Waals surface area contributed by atoms with Crippen LogP contribution in [0.3, 0.4) is 0 Å². The van der Waals surface area contributed by atoms with E-state index in [2.05, 4.69) is 84.3 Å². The fraction of sp³-hybridized carbons (Fsp3) is 0.407. The van der Waals surface area contributed by atoms with Gasteiger partial charge in [0.15, 0.2) is 5.82 Å². The summed E-state index contributed by atoms with van der Waals surface area (Å²) in [6.45, 7) is 13.8. The summed E-state index contributed by atoms with van der Waals surface area (Å²) in [6.07, 6.45) is 0. The maximum absolute atomic E-state index is 13.1. The Morgan fingerprint density at radius 2 is 1.76 bits per heavy atom. The largest absolute Gasteiger partial charge is 0.322 e. The first kappa shape index (κ1) is 23.8. The van der Waals surface area contributed by atoms with Crippen LogP contribution < -0.4 is 5.56 Å². The number of pyridine rings is 1. The lowest BCUT2D eigenvalue weighted by Crippen LogP contribution is -2.37. The molecule has 2 aromatic carbocycles. The number of hydrogen-bond acceptors (Lipinski definition) is 5. The second-order valence-corrected chi connectivity index (χ2v) is 10.4. The van der Waals surface area contributed by atoms with Gasteiger partial charge in [-0.25, -0.2) is 4.68 Å². The van der Waals surface area contributed by atoms with Crippen LogP contribution in [0.2, 0.25) is 0 Å². The Labute approximate surface area is 200 Å². The van der Waals surface area contributed by atoms with Crippen molar-refractivity contribution in [2.45, 2.75) is 66.2 Å². The summed E-state index contributed by atoms with van der Waals surface area (Å²) in [4.78, 5) is 18.5. The Hall–Kier alpha value is -3.32. The molecule has 1 N–H and O–H groups in total. The Morgan fingerprint density at radius 1 is 1.03 bits per heavy atom. The van der Waals surface area contributed by atoms with Crippen LogP contribution >= 0.6 is 0 Å². The molecule has 0 aliphatic carbocycles. The summed E-state index contributed by atoms with van der Waals surface area (Å²) < 4.78 is 1.91. The SMILES string of the molecule is Cc1ccc2cc(CN(Cc3ccccc3)[C@H](c3nnnn3C(C)(C)C)C(C)C)c(=O)[nH]c2c1. The average Bonchev–Trinajstić information content (AvgIpc) is 3.25. The molecule has 0 amide bonds. The number of tetrazole rings is 1. The third kappa shape index (κ3) is 5.09. The van der Waals surface area contributed by atoms with Gasteiger partial charge in [-0.3, -0.25) is 9.69 Å². The number of fused-ring (bicyclic) bond motifs is 1. The Balaban J connectivity index is 1.80. The van der Waals surface area contributed by atoms with Gasteiger partial charge in [0.05, 0.1) is 11.6 Å². The topological polar surface area (TPSA) is 79.7 Å². The summed E-state index contributed by atoms with van der Waals surface area (Å²) in [5.41, 5.74) is 3.57. The lowest BCUT2D eigenvalue weighted by Gasteiger charge is -2.35.